The van der Waals surface area contributed by atoms with Gasteiger partial charge in [0.25, 0.3) is 0 Å². The van der Waals surface area contributed by atoms with Crippen LogP contribution in [0.3, 0.4) is 0 Å². The first-order valence-corrected chi connectivity index (χ1v) is 4.28. The Hall–Kier alpha value is -0.570. The molecule has 1 aliphatic carbocycles. The minimum atomic E-state index is 0.111. The third-order valence-electron chi connectivity index (χ3n) is 2.27. The number of carbonyl (C=O) groups is 1. The average molecular weight is 156 g/mol. The normalized spacial score (nSPS) is 17.5. The summed E-state index contributed by atoms with van der Waals surface area (Å²) in [5.74, 6) is 0.942. The van der Waals surface area contributed by atoms with Gasteiger partial charge in [-0.1, -0.05) is 19.3 Å². The fourth-order valence-corrected chi connectivity index (χ4v) is 1.32. The molecule has 1 amide bonds. The van der Waals surface area contributed by atoms with E-state index in [-0.39, 0.29) is 5.91 Å². The van der Waals surface area contributed by atoms with E-state index in [2.05, 4.69) is 10.9 Å². The van der Waals surface area contributed by atoms with Crippen LogP contribution >= 0.6 is 0 Å². The summed E-state index contributed by atoms with van der Waals surface area (Å²) in [5.41, 5.74) is 5.19. The molecule has 0 radical (unpaired) electrons. The second kappa shape index (κ2) is 4.34. The molecule has 0 aromatic heterocycles. The van der Waals surface area contributed by atoms with Crippen molar-refractivity contribution in [2.45, 2.75) is 32.1 Å². The maximum absolute atomic E-state index is 10.9. The SMILES string of the molecule is CNNC(=O)CCC1CCC1. The quantitative estimate of drug-likeness (QED) is 0.592. The van der Waals surface area contributed by atoms with E-state index in [1.165, 1.54) is 19.3 Å². The van der Waals surface area contributed by atoms with Gasteiger partial charge in [0.15, 0.2) is 0 Å². The number of hydrogen-bond donors (Lipinski definition) is 2. The summed E-state index contributed by atoms with van der Waals surface area (Å²) in [5, 5.41) is 0. The number of hydrogen-bond acceptors (Lipinski definition) is 2. The summed E-state index contributed by atoms with van der Waals surface area (Å²) in [7, 11) is 1.71. The highest BCUT2D eigenvalue weighted by Gasteiger charge is 2.17. The van der Waals surface area contributed by atoms with Gasteiger partial charge >= 0.3 is 0 Å². The molecule has 3 heteroatoms. The lowest BCUT2D eigenvalue weighted by molar-refractivity contribution is -0.122. The zero-order valence-electron chi connectivity index (χ0n) is 7.02. The number of nitrogens with one attached hydrogen (secondary N) is 2. The van der Waals surface area contributed by atoms with Crippen LogP contribution in [0.5, 0.6) is 0 Å². The van der Waals surface area contributed by atoms with Crippen LogP contribution in [-0.4, -0.2) is 13.0 Å². The van der Waals surface area contributed by atoms with Crippen molar-refractivity contribution < 1.29 is 4.79 Å². The van der Waals surface area contributed by atoms with Gasteiger partial charge in [-0.25, -0.2) is 5.43 Å². The van der Waals surface area contributed by atoms with E-state index in [4.69, 9.17) is 0 Å². The van der Waals surface area contributed by atoms with Crippen LogP contribution in [0.2, 0.25) is 0 Å². The summed E-state index contributed by atoms with van der Waals surface area (Å²) in [6.45, 7) is 0. The highest BCUT2D eigenvalue weighted by molar-refractivity contribution is 5.75. The number of carbonyl (C=O) groups excluding carboxylic acids is 1. The lowest BCUT2D eigenvalue weighted by atomic mass is 9.82. The molecule has 1 fully saturated rings. The third-order valence-corrected chi connectivity index (χ3v) is 2.27. The Morgan fingerprint density at radius 2 is 2.27 bits per heavy atom. The highest BCUT2D eigenvalue weighted by Crippen LogP contribution is 2.30. The van der Waals surface area contributed by atoms with Gasteiger partial charge in [0.05, 0.1) is 0 Å². The first-order valence-electron chi connectivity index (χ1n) is 4.28. The molecule has 0 heterocycles. The summed E-state index contributed by atoms with van der Waals surface area (Å²) in [6.07, 6.45) is 5.75. The van der Waals surface area contributed by atoms with Gasteiger partial charge in [0.1, 0.15) is 0 Å². The van der Waals surface area contributed by atoms with E-state index in [0.29, 0.717) is 6.42 Å². The second-order valence-electron chi connectivity index (χ2n) is 3.13. The molecule has 0 aromatic carbocycles. The van der Waals surface area contributed by atoms with Crippen LogP contribution in [0.25, 0.3) is 0 Å². The summed E-state index contributed by atoms with van der Waals surface area (Å²) in [4.78, 5) is 10.9. The monoisotopic (exact) mass is 156 g/mol. The van der Waals surface area contributed by atoms with E-state index in [0.717, 1.165) is 12.3 Å². The Morgan fingerprint density at radius 3 is 2.73 bits per heavy atom. The van der Waals surface area contributed by atoms with Crippen LogP contribution in [0.1, 0.15) is 32.1 Å². The van der Waals surface area contributed by atoms with Crippen molar-refractivity contribution in [3.8, 4) is 0 Å². The maximum atomic E-state index is 10.9. The Labute approximate surface area is 67.5 Å². The van der Waals surface area contributed by atoms with Crippen molar-refractivity contribution in [3.05, 3.63) is 0 Å². The van der Waals surface area contributed by atoms with Crippen molar-refractivity contribution in [1.82, 2.24) is 10.9 Å². The molecular weight excluding hydrogens is 140 g/mol. The van der Waals surface area contributed by atoms with Gasteiger partial charge in [-0.2, -0.15) is 0 Å². The molecule has 0 aromatic rings. The van der Waals surface area contributed by atoms with Crippen molar-refractivity contribution in [1.29, 1.82) is 0 Å². The summed E-state index contributed by atoms with van der Waals surface area (Å²) < 4.78 is 0. The van der Waals surface area contributed by atoms with Gasteiger partial charge < -0.3 is 0 Å². The lowest BCUT2D eigenvalue weighted by Gasteiger charge is -2.24. The predicted octanol–water partition coefficient (Wildman–Crippen LogP) is 0.817. The Balaban J connectivity index is 1.96. The molecule has 0 spiro atoms. The van der Waals surface area contributed by atoms with Crippen LogP contribution < -0.4 is 10.9 Å². The Kier molecular flexibility index (Phi) is 3.36. The van der Waals surface area contributed by atoms with E-state index in [9.17, 15) is 4.79 Å². The first kappa shape index (κ1) is 8.53. The molecular formula is C8H16N2O. The Morgan fingerprint density at radius 1 is 1.55 bits per heavy atom. The lowest BCUT2D eigenvalue weighted by Crippen LogP contribution is -2.34. The first-order chi connectivity index (χ1) is 5.33. The van der Waals surface area contributed by atoms with Gasteiger partial charge in [-0.3, -0.25) is 10.2 Å². The molecule has 0 atom stereocenters. The van der Waals surface area contributed by atoms with E-state index >= 15 is 0 Å². The maximum Gasteiger partial charge on any atom is 0.234 e. The molecule has 1 saturated carbocycles. The van der Waals surface area contributed by atoms with Gasteiger partial charge in [0, 0.05) is 13.5 Å². The van der Waals surface area contributed by atoms with Gasteiger partial charge in [0.2, 0.25) is 5.91 Å². The zero-order chi connectivity index (χ0) is 8.10. The molecule has 11 heavy (non-hydrogen) atoms. The van der Waals surface area contributed by atoms with Crippen molar-refractivity contribution in [2.75, 3.05) is 7.05 Å². The fourth-order valence-electron chi connectivity index (χ4n) is 1.32. The third kappa shape index (κ3) is 2.89. The Bertz CT molecular complexity index is 132. The molecule has 0 unspecified atom stereocenters. The topological polar surface area (TPSA) is 41.1 Å². The van der Waals surface area contributed by atoms with Gasteiger partial charge in [-0.05, 0) is 12.3 Å². The highest BCUT2D eigenvalue weighted by atomic mass is 16.2. The molecule has 0 saturated heterocycles. The molecule has 0 bridgehead atoms. The van der Waals surface area contributed by atoms with Crippen molar-refractivity contribution >= 4 is 5.91 Å². The smallest absolute Gasteiger partial charge is 0.234 e. The molecule has 3 nitrogen and oxygen atoms in total. The molecule has 1 rings (SSSR count). The standard InChI is InChI=1S/C8H16N2O/c1-9-10-8(11)6-5-7-3-2-4-7/h7,9H,2-6H2,1H3,(H,10,11). The van der Waals surface area contributed by atoms with Crippen molar-refractivity contribution in [3.63, 3.8) is 0 Å². The molecule has 0 aliphatic heterocycles. The molecule has 64 valence electrons. The van der Waals surface area contributed by atoms with E-state index in [1.807, 2.05) is 0 Å². The predicted molar refractivity (Wildman–Crippen MR) is 43.8 cm³/mol. The number of hydrazine groups is 1. The van der Waals surface area contributed by atoms with E-state index < -0.39 is 0 Å². The molecule has 1 aliphatic rings. The van der Waals surface area contributed by atoms with Crippen molar-refractivity contribution in [2.24, 2.45) is 5.92 Å². The van der Waals surface area contributed by atoms with Gasteiger partial charge in [-0.15, -0.1) is 0 Å². The largest absolute Gasteiger partial charge is 0.292 e. The summed E-state index contributed by atoms with van der Waals surface area (Å²) in [6, 6.07) is 0. The minimum Gasteiger partial charge on any atom is -0.292 e. The minimum absolute atomic E-state index is 0.111. The molecule has 2 N–H and O–H groups in total. The number of rotatable bonds is 4. The van der Waals surface area contributed by atoms with Crippen LogP contribution in [0.4, 0.5) is 0 Å². The van der Waals surface area contributed by atoms with Crippen LogP contribution in [0.15, 0.2) is 0 Å². The zero-order valence-corrected chi connectivity index (χ0v) is 7.02. The average Bonchev–Trinajstić information content (AvgIpc) is 1.85. The second-order valence-corrected chi connectivity index (χ2v) is 3.13. The fraction of sp³-hybridized carbons (Fsp3) is 0.875. The van der Waals surface area contributed by atoms with Crippen LogP contribution in [-0.2, 0) is 4.79 Å². The summed E-state index contributed by atoms with van der Waals surface area (Å²) >= 11 is 0. The van der Waals surface area contributed by atoms with E-state index in [1.54, 1.807) is 7.05 Å². The number of amides is 1. The van der Waals surface area contributed by atoms with Crippen LogP contribution in [0, 0.1) is 5.92 Å².